The average Bonchev–Trinajstić information content (AvgIpc) is 3.16. The van der Waals surface area contributed by atoms with E-state index in [0.29, 0.717) is 32.5 Å². The van der Waals surface area contributed by atoms with Crippen LogP contribution in [0.5, 0.6) is 0 Å². The molecule has 2 saturated heterocycles. The molecule has 5 rings (SSSR count). The Morgan fingerprint density at radius 1 is 0.914 bits per heavy atom. The van der Waals surface area contributed by atoms with E-state index in [0.717, 1.165) is 56.0 Å². The van der Waals surface area contributed by atoms with E-state index >= 15 is 0 Å². The van der Waals surface area contributed by atoms with Gasteiger partial charge in [0, 0.05) is 56.4 Å². The molecule has 3 aliphatic rings. The standard InChI is InChI=1S/C26H35N5O3S/c32-26(22-12-17-30(18-13-22)35(33,34)19-14-21-8-3-1-4-9-21)29-15-7-10-23(20-29)25-28-27-24-11-5-2-6-16-31(24)25/h1,3-4,8-9,14,19,22-23H,2,5-7,10-13,15-18,20H2/b19-14+. The second kappa shape index (κ2) is 10.6. The minimum absolute atomic E-state index is 0.117. The first-order valence-electron chi connectivity index (χ1n) is 13.0. The molecule has 0 radical (unpaired) electrons. The number of hydrogen-bond donors (Lipinski definition) is 0. The van der Waals surface area contributed by atoms with Crippen molar-refractivity contribution in [3.63, 3.8) is 0 Å². The molecule has 35 heavy (non-hydrogen) atoms. The molecule has 188 valence electrons. The number of aryl methyl sites for hydroxylation is 1. The highest BCUT2D eigenvalue weighted by Crippen LogP contribution is 2.30. The van der Waals surface area contributed by atoms with Crippen molar-refractivity contribution in [2.24, 2.45) is 5.92 Å². The average molecular weight is 498 g/mol. The number of amides is 1. The lowest BCUT2D eigenvalue weighted by Gasteiger charge is -2.37. The van der Waals surface area contributed by atoms with Gasteiger partial charge >= 0.3 is 0 Å². The van der Waals surface area contributed by atoms with Gasteiger partial charge in [-0.2, -0.15) is 4.31 Å². The van der Waals surface area contributed by atoms with E-state index in [1.807, 2.05) is 35.2 Å². The molecule has 4 heterocycles. The fraction of sp³-hybridized carbons (Fsp3) is 0.577. The Morgan fingerprint density at radius 2 is 1.71 bits per heavy atom. The number of rotatable bonds is 5. The van der Waals surface area contributed by atoms with Crippen LogP contribution in [0.1, 0.15) is 68.1 Å². The normalized spacial score (nSPS) is 22.7. The van der Waals surface area contributed by atoms with Gasteiger partial charge in [0.2, 0.25) is 15.9 Å². The molecule has 1 aromatic heterocycles. The summed E-state index contributed by atoms with van der Waals surface area (Å²) < 4.78 is 29.4. The van der Waals surface area contributed by atoms with E-state index in [4.69, 9.17) is 0 Å². The summed E-state index contributed by atoms with van der Waals surface area (Å²) in [6.07, 6.45) is 9.32. The maximum atomic E-state index is 13.4. The molecule has 3 aliphatic heterocycles. The van der Waals surface area contributed by atoms with Crippen molar-refractivity contribution in [1.82, 2.24) is 24.0 Å². The van der Waals surface area contributed by atoms with Gasteiger partial charge in [0.25, 0.3) is 0 Å². The van der Waals surface area contributed by atoms with Gasteiger partial charge in [0.15, 0.2) is 0 Å². The van der Waals surface area contributed by atoms with E-state index in [9.17, 15) is 13.2 Å². The molecule has 1 amide bonds. The highest BCUT2D eigenvalue weighted by atomic mass is 32.2. The van der Waals surface area contributed by atoms with Crippen molar-refractivity contribution < 1.29 is 13.2 Å². The maximum absolute atomic E-state index is 13.4. The number of piperidine rings is 2. The maximum Gasteiger partial charge on any atom is 0.236 e. The van der Waals surface area contributed by atoms with Gasteiger partial charge in [-0.1, -0.05) is 36.8 Å². The molecule has 2 aromatic rings. The van der Waals surface area contributed by atoms with Crippen molar-refractivity contribution in [2.45, 2.75) is 63.8 Å². The van der Waals surface area contributed by atoms with Gasteiger partial charge in [-0.05, 0) is 50.2 Å². The minimum Gasteiger partial charge on any atom is -0.342 e. The van der Waals surface area contributed by atoms with Gasteiger partial charge in [0.1, 0.15) is 11.6 Å². The molecule has 9 heteroatoms. The summed E-state index contributed by atoms with van der Waals surface area (Å²) in [5.74, 6) is 2.42. The Hall–Kier alpha value is -2.52. The second-order valence-electron chi connectivity index (χ2n) is 9.99. The highest BCUT2D eigenvalue weighted by molar-refractivity contribution is 7.92. The fourth-order valence-electron chi connectivity index (χ4n) is 5.63. The largest absolute Gasteiger partial charge is 0.342 e. The van der Waals surface area contributed by atoms with Crippen LogP contribution in [0.4, 0.5) is 0 Å². The predicted octanol–water partition coefficient (Wildman–Crippen LogP) is 3.42. The van der Waals surface area contributed by atoms with Crippen LogP contribution in [0, 0.1) is 5.92 Å². The SMILES string of the molecule is O=C(C1CCN(S(=O)(=O)/C=C/c2ccccc2)CC1)N1CCCC(c2nnc3n2CCCCC3)C1. The minimum atomic E-state index is -3.50. The van der Waals surface area contributed by atoms with Crippen LogP contribution in [-0.2, 0) is 27.8 Å². The van der Waals surface area contributed by atoms with E-state index in [-0.39, 0.29) is 17.7 Å². The van der Waals surface area contributed by atoms with Crippen molar-refractivity contribution in [3.8, 4) is 0 Å². The van der Waals surface area contributed by atoms with Gasteiger partial charge in [-0.25, -0.2) is 8.42 Å². The van der Waals surface area contributed by atoms with Gasteiger partial charge < -0.3 is 9.47 Å². The van der Waals surface area contributed by atoms with Crippen LogP contribution in [0.15, 0.2) is 35.7 Å². The second-order valence-corrected chi connectivity index (χ2v) is 11.8. The molecule has 1 aromatic carbocycles. The monoisotopic (exact) mass is 497 g/mol. The topological polar surface area (TPSA) is 88.4 Å². The smallest absolute Gasteiger partial charge is 0.236 e. The van der Waals surface area contributed by atoms with Gasteiger partial charge in [-0.15, -0.1) is 10.2 Å². The van der Waals surface area contributed by atoms with Crippen LogP contribution in [-0.4, -0.2) is 64.5 Å². The fourth-order valence-corrected chi connectivity index (χ4v) is 6.85. The zero-order chi connectivity index (χ0) is 24.3. The Labute approximate surface area is 208 Å². The molecule has 1 atom stereocenters. The lowest BCUT2D eigenvalue weighted by Crippen LogP contribution is -2.46. The van der Waals surface area contributed by atoms with E-state index in [1.165, 1.54) is 22.6 Å². The number of nitrogens with zero attached hydrogens (tertiary/aromatic N) is 5. The third-order valence-corrected chi connectivity index (χ3v) is 9.20. The summed E-state index contributed by atoms with van der Waals surface area (Å²) in [5, 5.41) is 10.3. The first-order chi connectivity index (χ1) is 17.0. The number of benzene rings is 1. The third-order valence-electron chi connectivity index (χ3n) is 7.63. The van der Waals surface area contributed by atoms with Gasteiger partial charge in [-0.3, -0.25) is 4.79 Å². The lowest BCUT2D eigenvalue weighted by molar-refractivity contribution is -0.138. The Balaban J connectivity index is 1.18. The Bertz CT molecular complexity index is 1150. The number of hydrogen-bond acceptors (Lipinski definition) is 5. The molecule has 0 bridgehead atoms. The number of sulfonamides is 1. The number of fused-ring (bicyclic) bond motifs is 1. The first-order valence-corrected chi connectivity index (χ1v) is 14.5. The molecule has 8 nitrogen and oxygen atoms in total. The summed E-state index contributed by atoms with van der Waals surface area (Å²) in [5.41, 5.74) is 0.852. The third kappa shape index (κ3) is 5.51. The summed E-state index contributed by atoms with van der Waals surface area (Å²) in [4.78, 5) is 15.4. The van der Waals surface area contributed by atoms with E-state index < -0.39 is 10.0 Å². The molecular weight excluding hydrogens is 462 g/mol. The molecule has 0 saturated carbocycles. The predicted molar refractivity (Wildman–Crippen MR) is 135 cm³/mol. The summed E-state index contributed by atoms with van der Waals surface area (Å²) in [7, 11) is -3.50. The Morgan fingerprint density at radius 3 is 2.51 bits per heavy atom. The summed E-state index contributed by atoms with van der Waals surface area (Å²) >= 11 is 0. The molecule has 0 spiro atoms. The molecule has 0 N–H and O–H groups in total. The van der Waals surface area contributed by atoms with Crippen LogP contribution >= 0.6 is 0 Å². The van der Waals surface area contributed by atoms with Crippen LogP contribution in [0.3, 0.4) is 0 Å². The lowest BCUT2D eigenvalue weighted by atomic mass is 9.92. The van der Waals surface area contributed by atoms with Crippen molar-refractivity contribution >= 4 is 22.0 Å². The van der Waals surface area contributed by atoms with Crippen molar-refractivity contribution in [3.05, 3.63) is 53.0 Å². The zero-order valence-electron chi connectivity index (χ0n) is 20.3. The summed E-state index contributed by atoms with van der Waals surface area (Å²) in [6, 6.07) is 9.42. The Kier molecular flexibility index (Phi) is 7.34. The quantitative estimate of drug-likeness (QED) is 0.632. The van der Waals surface area contributed by atoms with Crippen LogP contribution < -0.4 is 0 Å². The van der Waals surface area contributed by atoms with Crippen molar-refractivity contribution in [2.75, 3.05) is 26.2 Å². The molecule has 2 fully saturated rings. The van der Waals surface area contributed by atoms with E-state index in [2.05, 4.69) is 14.8 Å². The number of aromatic nitrogens is 3. The number of likely N-dealkylation sites (tertiary alicyclic amines) is 1. The molecule has 1 unspecified atom stereocenters. The van der Waals surface area contributed by atoms with E-state index in [1.54, 1.807) is 6.08 Å². The zero-order valence-corrected chi connectivity index (χ0v) is 21.1. The number of carbonyl (C=O) groups excluding carboxylic acids is 1. The van der Waals surface area contributed by atoms with Crippen molar-refractivity contribution in [1.29, 1.82) is 0 Å². The number of carbonyl (C=O) groups is 1. The van der Waals surface area contributed by atoms with Crippen LogP contribution in [0.2, 0.25) is 0 Å². The van der Waals surface area contributed by atoms with Gasteiger partial charge in [0.05, 0.1) is 0 Å². The van der Waals surface area contributed by atoms with Crippen LogP contribution in [0.25, 0.3) is 6.08 Å². The highest BCUT2D eigenvalue weighted by Gasteiger charge is 2.35. The first kappa shape index (κ1) is 24.2. The molecular formula is C26H35N5O3S. The molecule has 0 aliphatic carbocycles. The summed E-state index contributed by atoms with van der Waals surface area (Å²) in [6.45, 7) is 3.21.